The molecule has 2 atom stereocenters. The smallest absolute Gasteiger partial charge is 0.0755 e. The SMILES string of the molecule is Cc1ccc(N2CC3CCC(C2)O3)c(CO)c1. The van der Waals surface area contributed by atoms with E-state index in [9.17, 15) is 5.11 Å². The van der Waals surface area contributed by atoms with Gasteiger partial charge in [0.15, 0.2) is 0 Å². The number of aliphatic hydroxyl groups excluding tert-OH is 1. The molecule has 1 aromatic rings. The van der Waals surface area contributed by atoms with Crippen LogP contribution in [-0.2, 0) is 11.3 Å². The van der Waals surface area contributed by atoms with Crippen LogP contribution >= 0.6 is 0 Å². The summed E-state index contributed by atoms with van der Waals surface area (Å²) in [5.41, 5.74) is 3.42. The van der Waals surface area contributed by atoms with E-state index in [2.05, 4.69) is 30.0 Å². The van der Waals surface area contributed by atoms with Crippen molar-refractivity contribution in [2.75, 3.05) is 18.0 Å². The van der Waals surface area contributed by atoms with Crippen molar-refractivity contribution in [1.29, 1.82) is 0 Å². The molecular weight excluding hydrogens is 214 g/mol. The van der Waals surface area contributed by atoms with Crippen molar-refractivity contribution in [3.63, 3.8) is 0 Å². The summed E-state index contributed by atoms with van der Waals surface area (Å²) in [5.74, 6) is 0. The van der Waals surface area contributed by atoms with Gasteiger partial charge in [0.25, 0.3) is 0 Å². The third-order valence-corrected chi connectivity index (χ3v) is 3.79. The van der Waals surface area contributed by atoms with E-state index in [1.807, 2.05) is 0 Å². The van der Waals surface area contributed by atoms with E-state index in [0.29, 0.717) is 12.2 Å². The Kier molecular flexibility index (Phi) is 2.81. The maximum atomic E-state index is 9.46. The highest BCUT2D eigenvalue weighted by atomic mass is 16.5. The normalized spacial score (nSPS) is 27.5. The van der Waals surface area contributed by atoms with Crippen molar-refractivity contribution in [3.8, 4) is 0 Å². The van der Waals surface area contributed by atoms with Gasteiger partial charge in [-0.25, -0.2) is 0 Å². The summed E-state index contributed by atoms with van der Waals surface area (Å²) in [5, 5.41) is 9.46. The highest BCUT2D eigenvalue weighted by Crippen LogP contribution is 2.31. The van der Waals surface area contributed by atoms with Gasteiger partial charge in [-0.05, 0) is 25.8 Å². The standard InChI is InChI=1S/C14H19NO2/c1-10-2-5-14(11(6-10)9-16)15-7-12-3-4-13(8-15)17-12/h2,5-6,12-13,16H,3-4,7-9H2,1H3. The van der Waals surface area contributed by atoms with Crippen LogP contribution in [0.4, 0.5) is 5.69 Å². The van der Waals surface area contributed by atoms with Crippen LogP contribution in [0.3, 0.4) is 0 Å². The van der Waals surface area contributed by atoms with Crippen molar-refractivity contribution < 1.29 is 9.84 Å². The number of fused-ring (bicyclic) bond motifs is 2. The molecule has 0 aliphatic carbocycles. The minimum Gasteiger partial charge on any atom is -0.392 e. The minimum absolute atomic E-state index is 0.115. The molecule has 3 rings (SSSR count). The van der Waals surface area contributed by atoms with Gasteiger partial charge in [0.05, 0.1) is 18.8 Å². The fourth-order valence-corrected chi connectivity index (χ4v) is 2.96. The lowest BCUT2D eigenvalue weighted by Crippen LogP contribution is -2.43. The van der Waals surface area contributed by atoms with Gasteiger partial charge in [0, 0.05) is 24.3 Å². The zero-order valence-electron chi connectivity index (χ0n) is 10.2. The van der Waals surface area contributed by atoms with Crippen LogP contribution in [0.25, 0.3) is 0 Å². The Morgan fingerprint density at radius 3 is 2.65 bits per heavy atom. The quantitative estimate of drug-likeness (QED) is 0.846. The minimum atomic E-state index is 0.115. The Hall–Kier alpha value is -1.06. The molecule has 1 N–H and O–H groups in total. The molecule has 0 amide bonds. The monoisotopic (exact) mass is 233 g/mol. The van der Waals surface area contributed by atoms with E-state index in [4.69, 9.17) is 4.74 Å². The number of aliphatic hydroxyl groups is 1. The molecule has 0 saturated carbocycles. The summed E-state index contributed by atoms with van der Waals surface area (Å²) in [6, 6.07) is 6.32. The van der Waals surface area contributed by atoms with Gasteiger partial charge < -0.3 is 14.7 Å². The van der Waals surface area contributed by atoms with Gasteiger partial charge in [0.2, 0.25) is 0 Å². The van der Waals surface area contributed by atoms with Gasteiger partial charge in [-0.3, -0.25) is 0 Å². The van der Waals surface area contributed by atoms with Gasteiger partial charge in [0.1, 0.15) is 0 Å². The summed E-state index contributed by atoms with van der Waals surface area (Å²) < 4.78 is 5.84. The average Bonchev–Trinajstić information content (AvgIpc) is 2.68. The lowest BCUT2D eigenvalue weighted by Gasteiger charge is -2.35. The van der Waals surface area contributed by atoms with Crippen molar-refractivity contribution in [2.24, 2.45) is 0 Å². The second kappa shape index (κ2) is 4.31. The van der Waals surface area contributed by atoms with Crippen LogP contribution in [-0.4, -0.2) is 30.4 Å². The fraction of sp³-hybridized carbons (Fsp3) is 0.571. The first-order valence-corrected chi connectivity index (χ1v) is 6.37. The first kappa shape index (κ1) is 11.1. The first-order valence-electron chi connectivity index (χ1n) is 6.37. The molecule has 92 valence electrons. The lowest BCUT2D eigenvalue weighted by molar-refractivity contribution is 0.0303. The van der Waals surface area contributed by atoms with E-state index in [1.165, 1.54) is 24.1 Å². The van der Waals surface area contributed by atoms with Crippen molar-refractivity contribution in [2.45, 2.75) is 38.6 Å². The van der Waals surface area contributed by atoms with E-state index >= 15 is 0 Å². The largest absolute Gasteiger partial charge is 0.392 e. The van der Waals surface area contributed by atoms with Crippen LogP contribution in [0.2, 0.25) is 0 Å². The topological polar surface area (TPSA) is 32.7 Å². The molecule has 2 heterocycles. The molecule has 0 aromatic heterocycles. The zero-order chi connectivity index (χ0) is 11.8. The molecule has 2 aliphatic heterocycles. The van der Waals surface area contributed by atoms with E-state index in [0.717, 1.165) is 18.7 Å². The number of rotatable bonds is 2. The zero-order valence-corrected chi connectivity index (χ0v) is 10.2. The summed E-state index contributed by atoms with van der Waals surface area (Å²) in [7, 11) is 0. The van der Waals surface area contributed by atoms with Crippen molar-refractivity contribution in [1.82, 2.24) is 0 Å². The molecule has 3 heteroatoms. The predicted molar refractivity (Wildman–Crippen MR) is 67.2 cm³/mol. The highest BCUT2D eigenvalue weighted by Gasteiger charge is 2.34. The van der Waals surface area contributed by atoms with Crippen molar-refractivity contribution in [3.05, 3.63) is 29.3 Å². The van der Waals surface area contributed by atoms with E-state index < -0.39 is 0 Å². The van der Waals surface area contributed by atoms with Crippen LogP contribution in [0.15, 0.2) is 18.2 Å². The molecule has 2 bridgehead atoms. The maximum Gasteiger partial charge on any atom is 0.0755 e. The third-order valence-electron chi connectivity index (χ3n) is 3.79. The number of hydrogen-bond donors (Lipinski definition) is 1. The molecule has 2 fully saturated rings. The number of benzene rings is 1. The molecule has 0 spiro atoms. The summed E-state index contributed by atoms with van der Waals surface area (Å²) in [4.78, 5) is 2.37. The summed E-state index contributed by atoms with van der Waals surface area (Å²) >= 11 is 0. The Morgan fingerprint density at radius 2 is 2.00 bits per heavy atom. The Balaban J connectivity index is 1.88. The molecule has 2 unspecified atom stereocenters. The van der Waals surface area contributed by atoms with Crippen LogP contribution in [0.5, 0.6) is 0 Å². The molecule has 2 aliphatic rings. The van der Waals surface area contributed by atoms with Crippen LogP contribution in [0, 0.1) is 6.92 Å². The number of hydrogen-bond acceptors (Lipinski definition) is 3. The molecular formula is C14H19NO2. The van der Waals surface area contributed by atoms with Crippen molar-refractivity contribution >= 4 is 5.69 Å². The number of aryl methyl sites for hydroxylation is 1. The predicted octanol–water partition coefficient (Wildman–Crippen LogP) is 1.85. The molecule has 2 saturated heterocycles. The lowest BCUT2D eigenvalue weighted by atomic mass is 10.1. The highest BCUT2D eigenvalue weighted by molar-refractivity contribution is 5.55. The molecule has 0 radical (unpaired) electrons. The second-order valence-corrected chi connectivity index (χ2v) is 5.15. The third kappa shape index (κ3) is 2.05. The number of nitrogens with zero attached hydrogens (tertiary/aromatic N) is 1. The Labute approximate surface area is 102 Å². The van der Waals surface area contributed by atoms with Gasteiger partial charge in [-0.1, -0.05) is 17.7 Å². The van der Waals surface area contributed by atoms with Gasteiger partial charge in [-0.15, -0.1) is 0 Å². The molecule has 1 aromatic carbocycles. The number of anilines is 1. The first-order chi connectivity index (χ1) is 8.26. The Morgan fingerprint density at radius 1 is 1.29 bits per heavy atom. The average molecular weight is 233 g/mol. The van der Waals surface area contributed by atoms with Crippen LogP contribution < -0.4 is 4.90 Å². The molecule has 3 nitrogen and oxygen atoms in total. The van der Waals surface area contributed by atoms with E-state index in [1.54, 1.807) is 0 Å². The second-order valence-electron chi connectivity index (χ2n) is 5.15. The number of morpholine rings is 1. The van der Waals surface area contributed by atoms with Gasteiger partial charge in [-0.2, -0.15) is 0 Å². The van der Waals surface area contributed by atoms with E-state index in [-0.39, 0.29) is 6.61 Å². The maximum absolute atomic E-state index is 9.46. The Bertz CT molecular complexity index is 407. The number of ether oxygens (including phenoxy) is 1. The summed E-state index contributed by atoms with van der Waals surface area (Å²) in [6.07, 6.45) is 3.14. The summed E-state index contributed by atoms with van der Waals surface area (Å²) in [6.45, 7) is 4.11. The van der Waals surface area contributed by atoms with Crippen LogP contribution in [0.1, 0.15) is 24.0 Å². The fourth-order valence-electron chi connectivity index (χ4n) is 2.96. The molecule has 17 heavy (non-hydrogen) atoms. The van der Waals surface area contributed by atoms with Gasteiger partial charge >= 0.3 is 0 Å².